The zero-order valence-corrected chi connectivity index (χ0v) is 12.9. The Bertz CT molecular complexity index is 619. The summed E-state index contributed by atoms with van der Waals surface area (Å²) in [4.78, 5) is 24.5. The topological polar surface area (TPSA) is 83.6 Å². The zero-order valence-electron chi connectivity index (χ0n) is 12.9. The number of hydrogen-bond acceptors (Lipinski definition) is 3. The fraction of sp³-hybridized carbons (Fsp3) is 0.500. The fourth-order valence-corrected chi connectivity index (χ4v) is 2.99. The van der Waals surface area contributed by atoms with Crippen molar-refractivity contribution in [1.82, 2.24) is 4.90 Å². The van der Waals surface area contributed by atoms with Gasteiger partial charge in [-0.25, -0.2) is 0 Å². The summed E-state index contributed by atoms with van der Waals surface area (Å²) < 4.78 is 39.7. The lowest BCUT2D eigenvalue weighted by Crippen LogP contribution is -2.43. The maximum atomic E-state index is 13.2. The van der Waals surface area contributed by atoms with Crippen molar-refractivity contribution < 1.29 is 27.9 Å². The van der Waals surface area contributed by atoms with Crippen molar-refractivity contribution >= 4 is 11.9 Å². The highest BCUT2D eigenvalue weighted by molar-refractivity contribution is 5.84. The molecule has 1 fully saturated rings. The van der Waals surface area contributed by atoms with Crippen LogP contribution in [0.5, 0.6) is 0 Å². The molecule has 1 aromatic rings. The third-order valence-corrected chi connectivity index (χ3v) is 4.16. The molecule has 2 atom stereocenters. The van der Waals surface area contributed by atoms with Crippen molar-refractivity contribution in [3.8, 4) is 0 Å². The summed E-state index contributed by atoms with van der Waals surface area (Å²) >= 11 is 0. The van der Waals surface area contributed by atoms with Gasteiger partial charge in [0.05, 0.1) is 18.0 Å². The van der Waals surface area contributed by atoms with E-state index in [1.807, 2.05) is 0 Å². The summed E-state index contributed by atoms with van der Waals surface area (Å²) in [6.07, 6.45) is -3.17. The molecule has 2 rings (SSSR count). The first-order valence-corrected chi connectivity index (χ1v) is 7.65. The first kappa shape index (κ1) is 18.3. The molecule has 5 nitrogen and oxygen atoms in total. The van der Waals surface area contributed by atoms with Gasteiger partial charge in [0, 0.05) is 6.54 Å². The molecular weight excluding hydrogens is 325 g/mol. The van der Waals surface area contributed by atoms with Gasteiger partial charge in [-0.15, -0.1) is 0 Å². The van der Waals surface area contributed by atoms with E-state index < -0.39 is 42.1 Å². The van der Waals surface area contributed by atoms with Crippen LogP contribution in [0.4, 0.5) is 13.2 Å². The highest BCUT2D eigenvalue weighted by Crippen LogP contribution is 2.39. The Morgan fingerprint density at radius 3 is 2.58 bits per heavy atom. The lowest BCUT2D eigenvalue weighted by atomic mass is 9.91. The maximum absolute atomic E-state index is 13.2. The molecule has 3 N–H and O–H groups in total. The van der Waals surface area contributed by atoms with Crippen LogP contribution in [0.1, 0.15) is 42.9 Å². The minimum Gasteiger partial charge on any atom is -0.480 e. The normalized spacial score (nSPS) is 19.8. The van der Waals surface area contributed by atoms with Crippen LogP contribution in [0, 0.1) is 0 Å². The van der Waals surface area contributed by atoms with Crippen LogP contribution in [0.2, 0.25) is 0 Å². The van der Waals surface area contributed by atoms with Crippen molar-refractivity contribution in [2.24, 2.45) is 5.73 Å². The second-order valence-corrected chi connectivity index (χ2v) is 5.83. The zero-order chi connectivity index (χ0) is 17.9. The van der Waals surface area contributed by atoms with Gasteiger partial charge in [0.25, 0.3) is 0 Å². The van der Waals surface area contributed by atoms with Gasteiger partial charge in [0.2, 0.25) is 5.91 Å². The summed E-state index contributed by atoms with van der Waals surface area (Å²) in [5.74, 6) is -1.85. The van der Waals surface area contributed by atoms with Crippen molar-refractivity contribution in [3.05, 3.63) is 35.4 Å². The number of aliphatic carboxylic acids is 1. The van der Waals surface area contributed by atoms with Crippen LogP contribution in [0.25, 0.3) is 0 Å². The summed E-state index contributed by atoms with van der Waals surface area (Å²) in [5, 5.41) is 8.82. The molecule has 0 saturated carbocycles. The smallest absolute Gasteiger partial charge is 0.416 e. The largest absolute Gasteiger partial charge is 0.480 e. The number of hydrogen-bond donors (Lipinski definition) is 2. The van der Waals surface area contributed by atoms with E-state index in [-0.39, 0.29) is 5.56 Å². The summed E-state index contributed by atoms with van der Waals surface area (Å²) in [7, 11) is 0. The van der Waals surface area contributed by atoms with Crippen molar-refractivity contribution in [2.75, 3.05) is 6.54 Å². The average molecular weight is 344 g/mol. The number of nitrogens with two attached hydrogens (primary N) is 1. The molecule has 132 valence electrons. The maximum Gasteiger partial charge on any atom is 0.416 e. The monoisotopic (exact) mass is 344 g/mol. The van der Waals surface area contributed by atoms with E-state index in [0.29, 0.717) is 25.8 Å². The predicted octanol–water partition coefficient (Wildman–Crippen LogP) is 2.56. The van der Waals surface area contributed by atoms with E-state index in [1.54, 1.807) is 0 Å². The summed E-state index contributed by atoms with van der Waals surface area (Å²) in [6, 6.07) is 3.10. The highest BCUT2D eigenvalue weighted by Gasteiger charge is 2.38. The Hall–Kier alpha value is -2.09. The number of carboxylic acid groups (broad SMARTS) is 1. The van der Waals surface area contributed by atoms with Gasteiger partial charge in [-0.05, 0) is 30.9 Å². The average Bonchev–Trinajstić information content (AvgIpc) is 2.53. The second kappa shape index (κ2) is 7.21. The van der Waals surface area contributed by atoms with E-state index in [0.717, 1.165) is 6.07 Å². The lowest BCUT2D eigenvalue weighted by molar-refractivity contribution is -0.144. The minimum absolute atomic E-state index is 0.0435. The van der Waals surface area contributed by atoms with Crippen LogP contribution in [-0.2, 0) is 15.8 Å². The molecule has 1 aliphatic rings. The van der Waals surface area contributed by atoms with Crippen molar-refractivity contribution in [1.29, 1.82) is 0 Å². The van der Waals surface area contributed by atoms with Crippen LogP contribution in [-0.4, -0.2) is 34.5 Å². The first-order valence-electron chi connectivity index (χ1n) is 7.65. The van der Waals surface area contributed by atoms with Gasteiger partial charge >= 0.3 is 12.1 Å². The number of carbonyl (C=O) groups is 2. The van der Waals surface area contributed by atoms with Crippen molar-refractivity contribution in [2.45, 2.75) is 43.9 Å². The Morgan fingerprint density at radius 2 is 1.96 bits per heavy atom. The number of benzene rings is 1. The van der Waals surface area contributed by atoms with E-state index >= 15 is 0 Å². The number of carbonyl (C=O) groups excluding carboxylic acids is 1. The number of nitrogens with zero attached hydrogens (tertiary/aromatic N) is 1. The van der Waals surface area contributed by atoms with Gasteiger partial charge in [-0.3, -0.25) is 9.59 Å². The molecule has 1 saturated heterocycles. The highest BCUT2D eigenvalue weighted by atomic mass is 19.4. The van der Waals surface area contributed by atoms with E-state index in [2.05, 4.69) is 0 Å². The molecule has 1 heterocycles. The molecule has 0 spiro atoms. The van der Waals surface area contributed by atoms with Gasteiger partial charge in [0.1, 0.15) is 6.04 Å². The Morgan fingerprint density at radius 1 is 1.29 bits per heavy atom. The Labute approximate surface area is 137 Å². The molecule has 0 radical (unpaired) electrons. The van der Waals surface area contributed by atoms with Gasteiger partial charge in [-0.2, -0.15) is 13.2 Å². The van der Waals surface area contributed by atoms with E-state index in [1.165, 1.54) is 23.1 Å². The van der Waals surface area contributed by atoms with E-state index in [9.17, 15) is 22.8 Å². The molecule has 1 aliphatic heterocycles. The van der Waals surface area contributed by atoms with Gasteiger partial charge in [0.15, 0.2) is 0 Å². The summed E-state index contributed by atoms with van der Waals surface area (Å²) in [6.45, 7) is 0.294. The number of alkyl halides is 3. The third-order valence-electron chi connectivity index (χ3n) is 4.16. The molecule has 1 aromatic carbocycles. The lowest BCUT2D eigenvalue weighted by Gasteiger charge is -2.37. The number of rotatable bonds is 4. The van der Waals surface area contributed by atoms with Gasteiger partial charge < -0.3 is 15.7 Å². The molecule has 8 heteroatoms. The molecule has 1 amide bonds. The number of carboxylic acids is 1. The van der Waals surface area contributed by atoms with E-state index in [4.69, 9.17) is 10.8 Å². The number of amides is 1. The fourth-order valence-electron chi connectivity index (χ4n) is 2.99. The molecule has 0 aromatic heterocycles. The molecular formula is C16H19F3N2O3. The molecule has 0 aliphatic carbocycles. The Kier molecular flexibility index (Phi) is 5.48. The Balaban J connectivity index is 2.31. The SMILES string of the molecule is N[C@@H](CC(=O)N1CCCCC1c1ccccc1C(F)(F)F)C(=O)O. The van der Waals surface area contributed by atoms with Gasteiger partial charge in [-0.1, -0.05) is 18.2 Å². The van der Waals surface area contributed by atoms with Crippen LogP contribution in [0.3, 0.4) is 0 Å². The second-order valence-electron chi connectivity index (χ2n) is 5.83. The molecule has 0 bridgehead atoms. The number of likely N-dealkylation sites (tertiary alicyclic amines) is 1. The van der Waals surface area contributed by atoms with Crippen LogP contribution in [0.15, 0.2) is 24.3 Å². The standard InChI is InChI=1S/C16H19F3N2O3/c17-16(18,19)11-6-2-1-5-10(11)13-7-3-4-8-21(13)14(22)9-12(20)15(23)24/h1-2,5-6,12-13H,3-4,7-9,20H2,(H,23,24)/t12-,13?/m0/s1. The molecule has 24 heavy (non-hydrogen) atoms. The number of halogens is 3. The quantitative estimate of drug-likeness (QED) is 0.879. The third kappa shape index (κ3) is 4.05. The minimum atomic E-state index is -4.51. The predicted molar refractivity (Wildman–Crippen MR) is 80.0 cm³/mol. The summed E-state index contributed by atoms with van der Waals surface area (Å²) in [5.41, 5.74) is 4.66. The van der Waals surface area contributed by atoms with Crippen LogP contribution < -0.4 is 5.73 Å². The first-order chi connectivity index (χ1) is 11.2. The number of piperidine rings is 1. The molecule has 1 unspecified atom stereocenters. The van der Waals surface area contributed by atoms with Crippen molar-refractivity contribution in [3.63, 3.8) is 0 Å². The van der Waals surface area contributed by atoms with Crippen LogP contribution >= 0.6 is 0 Å².